The van der Waals surface area contributed by atoms with E-state index in [9.17, 15) is 9.90 Å². The predicted molar refractivity (Wildman–Crippen MR) is 113 cm³/mol. The van der Waals surface area contributed by atoms with Crippen LogP contribution in [0.2, 0.25) is 0 Å². The van der Waals surface area contributed by atoms with Gasteiger partial charge in [-0.25, -0.2) is 9.36 Å². The lowest BCUT2D eigenvalue weighted by Crippen LogP contribution is -2.18. The number of aromatic nitrogens is 1. The van der Waals surface area contributed by atoms with Crippen molar-refractivity contribution >= 4 is 49.9 Å². The number of nitrogens with zero attached hydrogens (tertiary/aromatic N) is 3. The Balaban J connectivity index is 1.80. The molecule has 0 spiro atoms. The van der Waals surface area contributed by atoms with Crippen LogP contribution in [0.4, 0.5) is 21.9 Å². The summed E-state index contributed by atoms with van der Waals surface area (Å²) in [7, 11) is 0. The van der Waals surface area contributed by atoms with E-state index >= 15 is 0 Å². The lowest BCUT2D eigenvalue weighted by molar-refractivity contribution is 0.251. The molecule has 0 aliphatic rings. The zero-order chi connectivity index (χ0) is 19.5. The van der Waals surface area contributed by atoms with Crippen LogP contribution in [0.3, 0.4) is 0 Å². The average Bonchev–Trinajstić information content (AvgIpc) is 2.98. The highest BCUT2D eigenvalue weighted by atomic mass is 79.9. The highest BCUT2D eigenvalue weighted by Crippen LogP contribution is 2.40. The van der Waals surface area contributed by atoms with Crippen LogP contribution in [-0.2, 0) is 0 Å². The number of aromatic hydroxyl groups is 1. The Morgan fingerprint density at radius 3 is 2.32 bits per heavy atom. The number of para-hydroxylation sites is 1. The first-order valence-corrected chi connectivity index (χ1v) is 9.29. The molecule has 28 heavy (non-hydrogen) atoms. The maximum atomic E-state index is 12.8. The Morgan fingerprint density at radius 1 is 0.929 bits per heavy atom. The molecular weight excluding hydrogens is 420 g/mol. The molecular formula is C21H15BrN4O2. The molecule has 2 N–H and O–H groups in total. The van der Waals surface area contributed by atoms with Crippen molar-refractivity contribution in [2.75, 3.05) is 5.32 Å². The van der Waals surface area contributed by atoms with Gasteiger partial charge in [-0.05, 0) is 42.5 Å². The molecule has 0 atom stereocenters. The van der Waals surface area contributed by atoms with Crippen molar-refractivity contribution in [2.24, 2.45) is 10.2 Å². The van der Waals surface area contributed by atoms with Gasteiger partial charge < -0.3 is 10.4 Å². The lowest BCUT2D eigenvalue weighted by atomic mass is 10.2. The molecule has 6 nitrogen and oxygen atoms in total. The molecule has 138 valence electrons. The molecule has 7 heteroatoms. The number of fused-ring (bicyclic) bond motifs is 1. The van der Waals surface area contributed by atoms with Crippen LogP contribution < -0.4 is 5.32 Å². The highest BCUT2D eigenvalue weighted by molar-refractivity contribution is 9.10. The fraction of sp³-hybridized carbons (Fsp3) is 0. The summed E-state index contributed by atoms with van der Waals surface area (Å²) in [5.41, 5.74) is 2.02. The summed E-state index contributed by atoms with van der Waals surface area (Å²) in [5, 5.41) is 22.5. The number of nitrogens with one attached hydrogen (secondary N) is 1. The molecule has 0 unspecified atom stereocenters. The number of benzene rings is 3. The third-order valence-electron chi connectivity index (χ3n) is 4.13. The van der Waals surface area contributed by atoms with Crippen molar-refractivity contribution in [2.45, 2.75) is 0 Å². The van der Waals surface area contributed by atoms with Gasteiger partial charge in [-0.1, -0.05) is 52.3 Å². The number of azo groups is 1. The number of hydrogen-bond donors (Lipinski definition) is 2. The van der Waals surface area contributed by atoms with Gasteiger partial charge in [0.1, 0.15) is 0 Å². The molecule has 1 aromatic heterocycles. The van der Waals surface area contributed by atoms with Gasteiger partial charge >= 0.3 is 6.03 Å². The van der Waals surface area contributed by atoms with Gasteiger partial charge in [0.15, 0.2) is 5.69 Å². The number of rotatable bonds is 3. The van der Waals surface area contributed by atoms with Gasteiger partial charge in [-0.15, -0.1) is 5.11 Å². The van der Waals surface area contributed by atoms with Crippen LogP contribution in [0.25, 0.3) is 10.9 Å². The maximum absolute atomic E-state index is 12.8. The standard InChI is InChI=1S/C21H15BrN4O2/c22-14-11-12-18-17(13-14)19(25-24-16-9-5-2-6-10-16)20(27)26(18)21(28)23-15-7-3-1-4-8-15/h1-13,27H,(H,23,28). The average molecular weight is 435 g/mol. The van der Waals surface area contributed by atoms with Crippen LogP contribution in [0.15, 0.2) is 93.6 Å². The Hall–Kier alpha value is -3.45. The van der Waals surface area contributed by atoms with Gasteiger partial charge in [-0.3, -0.25) is 0 Å². The van der Waals surface area contributed by atoms with Gasteiger partial charge in [-0.2, -0.15) is 5.11 Å². The normalized spacial score (nSPS) is 11.2. The highest BCUT2D eigenvalue weighted by Gasteiger charge is 2.21. The van der Waals surface area contributed by atoms with Gasteiger partial charge in [0.05, 0.1) is 11.2 Å². The first kappa shape index (κ1) is 17.9. The minimum absolute atomic E-state index is 0.225. The van der Waals surface area contributed by atoms with Gasteiger partial charge in [0.2, 0.25) is 5.88 Å². The molecule has 4 rings (SSSR count). The van der Waals surface area contributed by atoms with Crippen molar-refractivity contribution in [1.82, 2.24) is 4.57 Å². The van der Waals surface area contributed by atoms with E-state index in [1.54, 1.807) is 42.5 Å². The summed E-state index contributed by atoms with van der Waals surface area (Å²) in [5.74, 6) is -0.277. The van der Waals surface area contributed by atoms with Crippen molar-refractivity contribution in [3.05, 3.63) is 83.3 Å². The number of carbonyl (C=O) groups is 1. The number of hydrogen-bond acceptors (Lipinski definition) is 4. The summed E-state index contributed by atoms with van der Waals surface area (Å²) in [4.78, 5) is 12.8. The van der Waals surface area contributed by atoms with E-state index in [1.807, 2.05) is 36.4 Å². The molecule has 0 aliphatic heterocycles. The van der Waals surface area contributed by atoms with Crippen LogP contribution >= 0.6 is 15.9 Å². The summed E-state index contributed by atoms with van der Waals surface area (Å²) in [6, 6.07) is 23.1. The Kier molecular flexibility index (Phi) is 4.90. The Morgan fingerprint density at radius 2 is 1.61 bits per heavy atom. The monoisotopic (exact) mass is 434 g/mol. The molecule has 1 amide bonds. The van der Waals surface area contributed by atoms with Crippen LogP contribution in [-0.4, -0.2) is 15.7 Å². The van der Waals surface area contributed by atoms with E-state index in [-0.39, 0.29) is 11.6 Å². The lowest BCUT2D eigenvalue weighted by Gasteiger charge is -2.08. The third kappa shape index (κ3) is 3.52. The minimum Gasteiger partial charge on any atom is -0.493 e. The van der Waals surface area contributed by atoms with E-state index in [0.29, 0.717) is 22.3 Å². The van der Waals surface area contributed by atoms with Crippen molar-refractivity contribution in [3.8, 4) is 5.88 Å². The summed E-state index contributed by atoms with van der Waals surface area (Å²) in [6.07, 6.45) is 0. The molecule has 0 radical (unpaired) electrons. The zero-order valence-corrected chi connectivity index (χ0v) is 16.2. The van der Waals surface area contributed by atoms with E-state index in [1.165, 1.54) is 4.57 Å². The van der Waals surface area contributed by atoms with Crippen molar-refractivity contribution < 1.29 is 9.90 Å². The fourth-order valence-electron chi connectivity index (χ4n) is 2.84. The van der Waals surface area contributed by atoms with E-state index in [2.05, 4.69) is 31.5 Å². The fourth-order valence-corrected chi connectivity index (χ4v) is 3.20. The van der Waals surface area contributed by atoms with Crippen LogP contribution in [0.5, 0.6) is 5.88 Å². The molecule has 0 fully saturated rings. The molecule has 0 aliphatic carbocycles. The molecule has 0 saturated heterocycles. The molecule has 3 aromatic carbocycles. The van der Waals surface area contributed by atoms with Crippen LogP contribution in [0.1, 0.15) is 0 Å². The number of carbonyl (C=O) groups excluding carboxylic acids is 1. The number of halogens is 1. The van der Waals surface area contributed by atoms with E-state index in [0.717, 1.165) is 4.47 Å². The largest absolute Gasteiger partial charge is 0.493 e. The second kappa shape index (κ2) is 7.66. The SMILES string of the molecule is O=C(Nc1ccccc1)n1c(O)c(N=Nc2ccccc2)c2cc(Br)ccc21. The number of anilines is 1. The summed E-state index contributed by atoms with van der Waals surface area (Å²) in [6.45, 7) is 0. The van der Waals surface area contributed by atoms with E-state index in [4.69, 9.17) is 0 Å². The van der Waals surface area contributed by atoms with Gasteiger partial charge in [0, 0.05) is 15.5 Å². The summed E-state index contributed by atoms with van der Waals surface area (Å²) < 4.78 is 1.99. The second-order valence-corrected chi connectivity index (χ2v) is 6.92. The zero-order valence-electron chi connectivity index (χ0n) is 14.6. The second-order valence-electron chi connectivity index (χ2n) is 6.00. The quantitative estimate of drug-likeness (QED) is 0.356. The van der Waals surface area contributed by atoms with E-state index < -0.39 is 6.03 Å². The predicted octanol–water partition coefficient (Wildman–Crippen LogP) is 6.61. The maximum Gasteiger partial charge on any atom is 0.333 e. The smallest absolute Gasteiger partial charge is 0.333 e. The Bertz CT molecular complexity index is 1170. The summed E-state index contributed by atoms with van der Waals surface area (Å²) >= 11 is 3.42. The van der Waals surface area contributed by atoms with Gasteiger partial charge in [0.25, 0.3) is 0 Å². The van der Waals surface area contributed by atoms with Crippen molar-refractivity contribution in [3.63, 3.8) is 0 Å². The topological polar surface area (TPSA) is 79.0 Å². The molecule has 0 saturated carbocycles. The molecule has 1 heterocycles. The molecule has 0 bridgehead atoms. The first-order valence-electron chi connectivity index (χ1n) is 8.49. The minimum atomic E-state index is -0.489. The third-order valence-corrected chi connectivity index (χ3v) is 4.62. The number of amides is 1. The molecule has 4 aromatic rings. The van der Waals surface area contributed by atoms with Crippen molar-refractivity contribution in [1.29, 1.82) is 0 Å². The Labute approximate surface area is 169 Å². The van der Waals surface area contributed by atoms with Crippen LogP contribution in [0, 0.1) is 0 Å². The first-order chi connectivity index (χ1) is 13.6.